The van der Waals surface area contributed by atoms with Gasteiger partial charge in [0.05, 0.1) is 12.6 Å². The van der Waals surface area contributed by atoms with Crippen LogP contribution in [0.1, 0.15) is 30.0 Å². The summed E-state index contributed by atoms with van der Waals surface area (Å²) in [6.07, 6.45) is 2.01. The molecular weight excluding hydrogens is 320 g/mol. The fourth-order valence-electron chi connectivity index (χ4n) is 3.42. The fraction of sp³-hybridized carbons (Fsp3) is 0.421. The monoisotopic (exact) mass is 342 g/mol. The number of nitrogens with zero attached hydrogens (tertiary/aromatic N) is 1. The summed E-state index contributed by atoms with van der Waals surface area (Å²) in [5, 5.41) is 7.14. The third-order valence-electron chi connectivity index (χ3n) is 4.75. The first-order valence-electron chi connectivity index (χ1n) is 8.54. The molecule has 5 heteroatoms. The summed E-state index contributed by atoms with van der Waals surface area (Å²) >= 11 is 1.65. The number of hydrogen-bond acceptors (Lipinski definition) is 4. The summed E-state index contributed by atoms with van der Waals surface area (Å²) in [4.78, 5) is 15.3. The molecule has 0 bridgehead atoms. The topological polar surface area (TPSA) is 41.6 Å². The second kappa shape index (κ2) is 7.05. The van der Waals surface area contributed by atoms with E-state index >= 15 is 0 Å². The first kappa shape index (κ1) is 15.8. The van der Waals surface area contributed by atoms with Crippen molar-refractivity contribution in [3.05, 3.63) is 58.3 Å². The van der Waals surface area contributed by atoms with E-state index in [0.29, 0.717) is 19.2 Å². The molecule has 1 amide bonds. The van der Waals surface area contributed by atoms with Crippen molar-refractivity contribution in [3.63, 3.8) is 0 Å². The molecule has 1 saturated heterocycles. The second-order valence-electron chi connectivity index (χ2n) is 6.47. The Hall–Kier alpha value is -1.69. The van der Waals surface area contributed by atoms with Gasteiger partial charge in [0.15, 0.2) is 6.10 Å². The van der Waals surface area contributed by atoms with Gasteiger partial charge in [0.2, 0.25) is 0 Å². The van der Waals surface area contributed by atoms with E-state index in [1.165, 1.54) is 18.4 Å². The maximum atomic E-state index is 12.8. The van der Waals surface area contributed by atoms with E-state index in [1.807, 2.05) is 29.6 Å². The maximum absolute atomic E-state index is 12.8. The summed E-state index contributed by atoms with van der Waals surface area (Å²) in [5.74, 6) is -0.0135. The Balaban J connectivity index is 1.53. The Bertz CT molecular complexity index is 670. The van der Waals surface area contributed by atoms with Crippen LogP contribution in [0.4, 0.5) is 0 Å². The Morgan fingerprint density at radius 1 is 1.25 bits per heavy atom. The third kappa shape index (κ3) is 3.38. The molecule has 2 aromatic rings. The number of nitrogens with one attached hydrogen (secondary N) is 1. The Morgan fingerprint density at radius 3 is 2.79 bits per heavy atom. The minimum Gasteiger partial charge on any atom is -0.365 e. The van der Waals surface area contributed by atoms with Crippen molar-refractivity contribution in [1.82, 2.24) is 10.2 Å². The van der Waals surface area contributed by atoms with Gasteiger partial charge in [-0.1, -0.05) is 30.3 Å². The van der Waals surface area contributed by atoms with Crippen molar-refractivity contribution in [2.45, 2.75) is 37.6 Å². The molecule has 0 unspecified atom stereocenters. The van der Waals surface area contributed by atoms with E-state index in [0.717, 1.165) is 12.1 Å². The molecule has 4 rings (SSSR count). The highest BCUT2D eigenvalue weighted by atomic mass is 32.1. The Labute approximate surface area is 146 Å². The summed E-state index contributed by atoms with van der Waals surface area (Å²) in [5.41, 5.74) is 2.30. The second-order valence-corrected chi connectivity index (χ2v) is 7.25. The van der Waals surface area contributed by atoms with Crippen LogP contribution in [0, 0.1) is 0 Å². The fourth-order valence-corrected chi connectivity index (χ4v) is 4.09. The molecule has 24 heavy (non-hydrogen) atoms. The van der Waals surface area contributed by atoms with Crippen molar-refractivity contribution < 1.29 is 9.53 Å². The largest absolute Gasteiger partial charge is 0.365 e. The molecule has 2 fully saturated rings. The van der Waals surface area contributed by atoms with Gasteiger partial charge >= 0.3 is 0 Å². The van der Waals surface area contributed by atoms with E-state index in [-0.39, 0.29) is 11.9 Å². The molecule has 0 spiro atoms. The van der Waals surface area contributed by atoms with Crippen molar-refractivity contribution in [1.29, 1.82) is 0 Å². The van der Waals surface area contributed by atoms with Gasteiger partial charge in [0, 0.05) is 19.1 Å². The van der Waals surface area contributed by atoms with Gasteiger partial charge in [-0.3, -0.25) is 9.69 Å². The number of rotatable bonds is 5. The molecule has 1 aliphatic heterocycles. The lowest BCUT2D eigenvalue weighted by Gasteiger charge is -2.41. The van der Waals surface area contributed by atoms with Crippen LogP contribution in [0.2, 0.25) is 0 Å². The van der Waals surface area contributed by atoms with Crippen LogP contribution in [-0.4, -0.2) is 36.1 Å². The van der Waals surface area contributed by atoms with Gasteiger partial charge in [-0.2, -0.15) is 11.3 Å². The highest BCUT2D eigenvalue weighted by molar-refractivity contribution is 7.07. The zero-order chi connectivity index (χ0) is 16.4. The number of carbonyl (C=O) groups is 1. The molecule has 1 aromatic carbocycles. The molecular formula is C19H22N2O2S. The van der Waals surface area contributed by atoms with Crippen molar-refractivity contribution in [2.24, 2.45) is 0 Å². The Morgan fingerprint density at radius 2 is 2.08 bits per heavy atom. The molecule has 2 aliphatic rings. The van der Waals surface area contributed by atoms with Gasteiger partial charge in [-0.25, -0.2) is 0 Å². The van der Waals surface area contributed by atoms with Crippen LogP contribution in [0.3, 0.4) is 0 Å². The van der Waals surface area contributed by atoms with E-state index < -0.39 is 6.10 Å². The highest BCUT2D eigenvalue weighted by Gasteiger charge is 2.43. The maximum Gasteiger partial charge on any atom is 0.251 e. The number of benzene rings is 1. The molecule has 2 heterocycles. The summed E-state index contributed by atoms with van der Waals surface area (Å²) < 4.78 is 5.93. The number of amides is 1. The van der Waals surface area contributed by atoms with E-state index in [4.69, 9.17) is 4.74 Å². The van der Waals surface area contributed by atoms with E-state index in [9.17, 15) is 4.79 Å². The lowest BCUT2D eigenvalue weighted by atomic mass is 9.97. The number of ether oxygens (including phenoxy) is 1. The minimum absolute atomic E-state index is 0.00919. The minimum atomic E-state index is -0.444. The number of hydrogen-bond donors (Lipinski definition) is 1. The van der Waals surface area contributed by atoms with Crippen LogP contribution >= 0.6 is 11.3 Å². The zero-order valence-corrected chi connectivity index (χ0v) is 14.4. The zero-order valence-electron chi connectivity index (χ0n) is 13.6. The average Bonchev–Trinajstić information content (AvgIpc) is 3.35. The van der Waals surface area contributed by atoms with Crippen LogP contribution in [0.15, 0.2) is 47.2 Å². The predicted molar refractivity (Wildman–Crippen MR) is 94.8 cm³/mol. The smallest absolute Gasteiger partial charge is 0.251 e. The molecule has 126 valence electrons. The summed E-state index contributed by atoms with van der Waals surface area (Å²) in [7, 11) is 0. The normalized spacial score (nSPS) is 24.7. The molecule has 1 saturated carbocycles. The number of thiophene rings is 1. The quantitative estimate of drug-likeness (QED) is 0.908. The van der Waals surface area contributed by atoms with Crippen LogP contribution in [0.5, 0.6) is 0 Å². The molecule has 1 N–H and O–H groups in total. The van der Waals surface area contributed by atoms with E-state index in [1.54, 1.807) is 11.3 Å². The average molecular weight is 342 g/mol. The molecule has 1 aromatic heterocycles. The Kier molecular flexibility index (Phi) is 4.65. The lowest BCUT2D eigenvalue weighted by molar-refractivity contribution is -0.146. The van der Waals surface area contributed by atoms with Crippen molar-refractivity contribution in [2.75, 3.05) is 13.2 Å². The van der Waals surface area contributed by atoms with Crippen LogP contribution in [-0.2, 0) is 16.1 Å². The van der Waals surface area contributed by atoms with Crippen LogP contribution in [0.25, 0.3) is 0 Å². The first-order chi connectivity index (χ1) is 11.8. The van der Waals surface area contributed by atoms with Crippen molar-refractivity contribution in [3.8, 4) is 0 Å². The SMILES string of the molecule is O=C(NCc1ccsc1)[C@@H]1OCCN(C2CC2)[C@H]1c1ccccc1. The van der Waals surface area contributed by atoms with Gasteiger partial charge in [-0.15, -0.1) is 0 Å². The summed E-state index contributed by atoms with van der Waals surface area (Å²) in [6, 6.07) is 13.0. The third-order valence-corrected chi connectivity index (χ3v) is 5.49. The molecule has 2 atom stereocenters. The number of carbonyl (C=O) groups excluding carboxylic acids is 1. The van der Waals surface area contributed by atoms with Gasteiger partial charge < -0.3 is 10.1 Å². The first-order valence-corrected chi connectivity index (χ1v) is 9.48. The lowest BCUT2D eigenvalue weighted by Crippen LogP contribution is -2.52. The van der Waals surface area contributed by atoms with Gasteiger partial charge in [0.1, 0.15) is 0 Å². The molecule has 4 nitrogen and oxygen atoms in total. The molecule has 0 radical (unpaired) electrons. The highest BCUT2D eigenvalue weighted by Crippen LogP contribution is 2.38. The van der Waals surface area contributed by atoms with Gasteiger partial charge in [0.25, 0.3) is 5.91 Å². The van der Waals surface area contributed by atoms with Crippen molar-refractivity contribution >= 4 is 17.2 Å². The summed E-state index contributed by atoms with van der Waals surface area (Å²) in [6.45, 7) is 2.09. The standard InChI is InChI=1S/C19H22N2O2S/c22-19(20-12-14-8-11-24-13-14)18-17(15-4-2-1-3-5-15)21(9-10-23-18)16-6-7-16/h1-5,8,11,13,16-18H,6-7,9-10,12H2,(H,20,22)/t17-,18+/m0/s1. The van der Waals surface area contributed by atoms with Gasteiger partial charge in [-0.05, 0) is 40.8 Å². The number of morpholine rings is 1. The predicted octanol–water partition coefficient (Wildman–Crippen LogP) is 2.97. The van der Waals surface area contributed by atoms with E-state index in [2.05, 4.69) is 27.7 Å². The van der Waals surface area contributed by atoms with Crippen LogP contribution < -0.4 is 5.32 Å². The molecule has 1 aliphatic carbocycles.